The van der Waals surface area contributed by atoms with Gasteiger partial charge in [-0.25, -0.2) is 13.8 Å². The molecular weight excluding hydrogens is 282 g/mol. The standard InChI is InChI=1S/C13H10F2N4S/c14-8-3-7(4-9(15)5-8)6-20-11-2-1-10-12(17-11)13(16)19-18-10/h1-5H,6H2,(H3,16,18,19). The highest BCUT2D eigenvalue weighted by molar-refractivity contribution is 7.98. The number of benzene rings is 1. The van der Waals surface area contributed by atoms with E-state index in [2.05, 4.69) is 15.2 Å². The van der Waals surface area contributed by atoms with Gasteiger partial charge < -0.3 is 5.73 Å². The number of nitrogens with one attached hydrogen (secondary N) is 1. The number of H-pyrrole nitrogens is 1. The van der Waals surface area contributed by atoms with E-state index in [4.69, 9.17) is 5.73 Å². The number of thioether (sulfide) groups is 1. The van der Waals surface area contributed by atoms with Crippen LogP contribution in [0.15, 0.2) is 35.4 Å². The molecule has 102 valence electrons. The largest absolute Gasteiger partial charge is 0.380 e. The van der Waals surface area contributed by atoms with Gasteiger partial charge in [0.25, 0.3) is 0 Å². The predicted molar refractivity (Wildman–Crippen MR) is 74.2 cm³/mol. The lowest BCUT2D eigenvalue weighted by Crippen LogP contribution is -1.89. The molecule has 3 rings (SSSR count). The zero-order valence-corrected chi connectivity index (χ0v) is 11.0. The fraction of sp³-hybridized carbons (Fsp3) is 0.0769. The first-order valence-corrected chi connectivity index (χ1v) is 6.79. The zero-order chi connectivity index (χ0) is 14.1. The van der Waals surface area contributed by atoms with Gasteiger partial charge in [0.05, 0.1) is 10.5 Å². The second kappa shape index (κ2) is 5.09. The van der Waals surface area contributed by atoms with Gasteiger partial charge >= 0.3 is 0 Å². The smallest absolute Gasteiger partial charge is 0.171 e. The number of halogens is 2. The molecule has 3 aromatic rings. The molecule has 0 radical (unpaired) electrons. The van der Waals surface area contributed by atoms with Crippen LogP contribution in [0.25, 0.3) is 11.0 Å². The summed E-state index contributed by atoms with van der Waals surface area (Å²) in [5.74, 6) is -0.407. The van der Waals surface area contributed by atoms with Gasteiger partial charge in [0.1, 0.15) is 17.2 Å². The van der Waals surface area contributed by atoms with Gasteiger partial charge in [-0.05, 0) is 29.8 Å². The molecule has 0 amide bonds. The van der Waals surface area contributed by atoms with Gasteiger partial charge in [-0.15, -0.1) is 11.8 Å². The molecule has 0 unspecified atom stereocenters. The van der Waals surface area contributed by atoms with E-state index in [-0.39, 0.29) is 0 Å². The van der Waals surface area contributed by atoms with E-state index in [1.54, 1.807) is 6.07 Å². The van der Waals surface area contributed by atoms with Crippen LogP contribution < -0.4 is 5.73 Å². The molecule has 3 N–H and O–H groups in total. The molecule has 0 bridgehead atoms. The Bertz CT molecular complexity index is 752. The first-order chi connectivity index (χ1) is 9.61. The Morgan fingerprint density at radius 3 is 2.65 bits per heavy atom. The first-order valence-electron chi connectivity index (χ1n) is 5.80. The molecule has 0 aliphatic carbocycles. The van der Waals surface area contributed by atoms with Crippen molar-refractivity contribution in [2.24, 2.45) is 0 Å². The third-order valence-electron chi connectivity index (χ3n) is 2.72. The number of pyridine rings is 1. The van der Waals surface area contributed by atoms with Crippen LogP contribution >= 0.6 is 11.8 Å². The van der Waals surface area contributed by atoms with E-state index in [1.165, 1.54) is 23.9 Å². The molecule has 4 nitrogen and oxygen atoms in total. The third kappa shape index (κ3) is 2.57. The summed E-state index contributed by atoms with van der Waals surface area (Å²) in [5, 5.41) is 7.34. The lowest BCUT2D eigenvalue weighted by molar-refractivity contribution is 0.581. The maximum Gasteiger partial charge on any atom is 0.171 e. The molecule has 2 aromatic heterocycles. The number of aromatic amines is 1. The van der Waals surface area contributed by atoms with Crippen LogP contribution in [0.2, 0.25) is 0 Å². The van der Waals surface area contributed by atoms with Gasteiger partial charge in [-0.3, -0.25) is 5.10 Å². The predicted octanol–water partition coefficient (Wildman–Crippen LogP) is 3.11. The van der Waals surface area contributed by atoms with Crippen molar-refractivity contribution in [1.82, 2.24) is 15.2 Å². The number of fused-ring (bicyclic) bond motifs is 1. The number of aromatic nitrogens is 3. The summed E-state index contributed by atoms with van der Waals surface area (Å²) in [4.78, 5) is 4.35. The highest BCUT2D eigenvalue weighted by Gasteiger charge is 2.06. The summed E-state index contributed by atoms with van der Waals surface area (Å²) in [6.45, 7) is 0. The van der Waals surface area contributed by atoms with E-state index < -0.39 is 11.6 Å². The van der Waals surface area contributed by atoms with Crippen molar-refractivity contribution < 1.29 is 8.78 Å². The van der Waals surface area contributed by atoms with Crippen LogP contribution in [-0.2, 0) is 5.75 Å². The second-order valence-electron chi connectivity index (χ2n) is 4.22. The van der Waals surface area contributed by atoms with E-state index >= 15 is 0 Å². The molecule has 0 saturated heterocycles. The minimum Gasteiger partial charge on any atom is -0.380 e. The van der Waals surface area contributed by atoms with E-state index in [9.17, 15) is 8.78 Å². The Hall–Kier alpha value is -2.15. The molecular formula is C13H10F2N4S. The molecule has 2 heterocycles. The number of anilines is 1. The maximum atomic E-state index is 13.1. The molecule has 7 heteroatoms. The summed E-state index contributed by atoms with van der Waals surface area (Å²) >= 11 is 1.38. The fourth-order valence-corrected chi connectivity index (χ4v) is 2.63. The number of rotatable bonds is 3. The minimum atomic E-state index is -0.580. The number of nitrogens with two attached hydrogens (primary N) is 1. The molecule has 1 aromatic carbocycles. The second-order valence-corrected chi connectivity index (χ2v) is 5.22. The van der Waals surface area contributed by atoms with Crippen LogP contribution in [0.1, 0.15) is 5.56 Å². The summed E-state index contributed by atoms with van der Waals surface area (Å²) in [6.07, 6.45) is 0. The Morgan fingerprint density at radius 1 is 1.15 bits per heavy atom. The van der Waals surface area contributed by atoms with E-state index in [1.807, 2.05) is 6.07 Å². The molecule has 0 saturated carbocycles. The number of hydrogen-bond acceptors (Lipinski definition) is 4. The topological polar surface area (TPSA) is 67.6 Å². The summed E-state index contributed by atoms with van der Waals surface area (Å²) in [6, 6.07) is 7.09. The Balaban J connectivity index is 1.80. The van der Waals surface area contributed by atoms with E-state index in [0.29, 0.717) is 22.7 Å². The van der Waals surface area contributed by atoms with Crippen molar-refractivity contribution in [2.75, 3.05) is 5.73 Å². The average Bonchev–Trinajstić information content (AvgIpc) is 2.77. The van der Waals surface area contributed by atoms with Crippen LogP contribution in [-0.4, -0.2) is 15.2 Å². The molecule has 0 spiro atoms. The SMILES string of the molecule is Nc1n[nH]c2ccc(SCc3cc(F)cc(F)c3)nc12. The summed E-state index contributed by atoms with van der Waals surface area (Å²) in [5.41, 5.74) is 7.59. The molecule has 0 atom stereocenters. The van der Waals surface area contributed by atoms with Crippen molar-refractivity contribution in [3.63, 3.8) is 0 Å². The number of nitrogens with zero attached hydrogens (tertiary/aromatic N) is 2. The number of hydrogen-bond donors (Lipinski definition) is 2. The third-order valence-corrected chi connectivity index (χ3v) is 3.72. The van der Waals surface area contributed by atoms with Crippen LogP contribution in [0, 0.1) is 11.6 Å². The molecule has 0 aliphatic rings. The van der Waals surface area contributed by atoms with Gasteiger partial charge in [-0.1, -0.05) is 0 Å². The van der Waals surface area contributed by atoms with E-state index in [0.717, 1.165) is 16.6 Å². The minimum absolute atomic E-state index is 0.333. The summed E-state index contributed by atoms with van der Waals surface area (Å²) in [7, 11) is 0. The van der Waals surface area contributed by atoms with Crippen molar-refractivity contribution in [1.29, 1.82) is 0 Å². The average molecular weight is 292 g/mol. The lowest BCUT2D eigenvalue weighted by Gasteiger charge is -2.02. The fourth-order valence-electron chi connectivity index (χ4n) is 1.83. The summed E-state index contributed by atoms with van der Waals surface area (Å²) < 4.78 is 26.2. The van der Waals surface area contributed by atoms with Crippen molar-refractivity contribution in [3.8, 4) is 0 Å². The van der Waals surface area contributed by atoms with Gasteiger partial charge in [0, 0.05) is 11.8 Å². The van der Waals surface area contributed by atoms with Gasteiger partial charge in [-0.2, -0.15) is 5.10 Å². The highest BCUT2D eigenvalue weighted by Crippen LogP contribution is 2.25. The molecule has 20 heavy (non-hydrogen) atoms. The quantitative estimate of drug-likeness (QED) is 0.728. The van der Waals surface area contributed by atoms with Gasteiger partial charge in [0.2, 0.25) is 0 Å². The normalized spacial score (nSPS) is 11.1. The van der Waals surface area contributed by atoms with Crippen molar-refractivity contribution >= 4 is 28.6 Å². The van der Waals surface area contributed by atoms with Crippen molar-refractivity contribution in [2.45, 2.75) is 10.8 Å². The number of nitrogen functional groups attached to an aromatic ring is 1. The Kier molecular flexibility index (Phi) is 3.27. The van der Waals surface area contributed by atoms with Crippen LogP contribution in [0.3, 0.4) is 0 Å². The lowest BCUT2D eigenvalue weighted by atomic mass is 10.2. The van der Waals surface area contributed by atoms with Crippen molar-refractivity contribution in [3.05, 3.63) is 47.5 Å². The molecule has 0 fully saturated rings. The zero-order valence-electron chi connectivity index (χ0n) is 10.2. The van der Waals surface area contributed by atoms with Gasteiger partial charge in [0.15, 0.2) is 5.82 Å². The monoisotopic (exact) mass is 292 g/mol. The first kappa shape index (κ1) is 12.9. The highest BCUT2D eigenvalue weighted by atomic mass is 32.2. The molecule has 0 aliphatic heterocycles. The van der Waals surface area contributed by atoms with Crippen LogP contribution in [0.4, 0.5) is 14.6 Å². The Morgan fingerprint density at radius 2 is 1.90 bits per heavy atom. The maximum absolute atomic E-state index is 13.1. The van der Waals surface area contributed by atoms with Crippen LogP contribution in [0.5, 0.6) is 0 Å². The Labute approximate surface area is 117 Å².